The molecule has 0 bridgehead atoms. The molecule has 0 fully saturated rings. The second-order valence-electron chi connectivity index (χ2n) is 5.89. The molecule has 7 heteroatoms. The van der Waals surface area contributed by atoms with Crippen LogP contribution in [0.1, 0.15) is 11.3 Å². The van der Waals surface area contributed by atoms with Gasteiger partial charge >= 0.3 is 5.97 Å². The lowest BCUT2D eigenvalue weighted by atomic mass is 10.2. The fourth-order valence-electron chi connectivity index (χ4n) is 2.43. The van der Waals surface area contributed by atoms with Crippen LogP contribution in [0, 0.1) is 0 Å². The van der Waals surface area contributed by atoms with Crippen LogP contribution < -0.4 is 4.90 Å². The zero-order chi connectivity index (χ0) is 18.4. The Kier molecular flexibility index (Phi) is 5.86. The van der Waals surface area contributed by atoms with Crippen molar-refractivity contribution in [2.45, 2.75) is 19.7 Å². The van der Waals surface area contributed by atoms with E-state index < -0.39 is 0 Å². The van der Waals surface area contributed by atoms with Gasteiger partial charge in [0.05, 0.1) is 12.7 Å². The van der Waals surface area contributed by atoms with Crippen LogP contribution in [0.25, 0.3) is 0 Å². The van der Waals surface area contributed by atoms with E-state index in [2.05, 4.69) is 10.3 Å². The second kappa shape index (κ2) is 8.49. The molecule has 0 atom stereocenters. The van der Waals surface area contributed by atoms with Crippen molar-refractivity contribution in [3.05, 3.63) is 77.1 Å². The van der Waals surface area contributed by atoms with Gasteiger partial charge in [-0.2, -0.15) is 0 Å². The highest BCUT2D eigenvalue weighted by atomic mass is 35.5. The number of aromatic nitrogens is 3. The predicted molar refractivity (Wildman–Crippen MR) is 99.8 cm³/mol. The van der Waals surface area contributed by atoms with E-state index in [1.807, 2.05) is 66.5 Å². The fourth-order valence-corrected chi connectivity index (χ4v) is 2.56. The SMILES string of the molecule is CN(Cc1cn(CC(=O)OCc2ccccc2)nn1)c1ccc(Cl)cc1. The molecule has 134 valence electrons. The molecule has 2 aromatic carbocycles. The summed E-state index contributed by atoms with van der Waals surface area (Å²) >= 11 is 5.91. The molecular weight excluding hydrogens is 352 g/mol. The summed E-state index contributed by atoms with van der Waals surface area (Å²) in [6.45, 7) is 0.853. The van der Waals surface area contributed by atoms with Crippen molar-refractivity contribution in [1.82, 2.24) is 15.0 Å². The van der Waals surface area contributed by atoms with E-state index in [0.29, 0.717) is 11.6 Å². The molecule has 0 spiro atoms. The Morgan fingerprint density at radius 1 is 1.15 bits per heavy atom. The Bertz CT molecular complexity index is 849. The van der Waals surface area contributed by atoms with E-state index >= 15 is 0 Å². The number of benzene rings is 2. The van der Waals surface area contributed by atoms with E-state index in [0.717, 1.165) is 16.9 Å². The van der Waals surface area contributed by atoms with E-state index in [9.17, 15) is 4.79 Å². The molecule has 0 amide bonds. The van der Waals surface area contributed by atoms with Crippen molar-refractivity contribution in [1.29, 1.82) is 0 Å². The number of carbonyl (C=O) groups excluding carboxylic acids is 1. The van der Waals surface area contributed by atoms with Crippen LogP contribution in [0.5, 0.6) is 0 Å². The Balaban J connectivity index is 1.51. The van der Waals surface area contributed by atoms with Gasteiger partial charge in [0.25, 0.3) is 0 Å². The molecule has 0 saturated heterocycles. The number of halogens is 1. The molecule has 3 rings (SSSR count). The largest absolute Gasteiger partial charge is 0.459 e. The van der Waals surface area contributed by atoms with E-state index in [-0.39, 0.29) is 19.1 Å². The number of anilines is 1. The van der Waals surface area contributed by atoms with Crippen LogP contribution in [-0.2, 0) is 29.2 Å². The number of ether oxygens (including phenoxy) is 1. The average Bonchev–Trinajstić information content (AvgIpc) is 3.08. The van der Waals surface area contributed by atoms with Gasteiger partial charge in [-0.15, -0.1) is 5.10 Å². The quantitative estimate of drug-likeness (QED) is 0.597. The zero-order valence-corrected chi connectivity index (χ0v) is 15.1. The van der Waals surface area contributed by atoms with Crippen LogP contribution in [-0.4, -0.2) is 28.0 Å². The first kappa shape index (κ1) is 17.9. The van der Waals surface area contributed by atoms with E-state index in [1.165, 1.54) is 4.68 Å². The number of hydrogen-bond donors (Lipinski definition) is 0. The maximum atomic E-state index is 11.9. The highest BCUT2D eigenvalue weighted by molar-refractivity contribution is 6.30. The molecule has 0 saturated carbocycles. The number of esters is 1. The predicted octanol–water partition coefficient (Wildman–Crippen LogP) is 3.31. The third-order valence-corrected chi connectivity index (χ3v) is 4.04. The van der Waals surface area contributed by atoms with Crippen LogP contribution in [0.3, 0.4) is 0 Å². The topological polar surface area (TPSA) is 60.2 Å². The molecule has 0 aliphatic heterocycles. The first-order chi connectivity index (χ1) is 12.6. The summed E-state index contributed by atoms with van der Waals surface area (Å²) in [5.74, 6) is -0.351. The number of rotatable bonds is 7. The zero-order valence-electron chi connectivity index (χ0n) is 14.4. The van der Waals surface area contributed by atoms with Crippen LogP contribution in [0.4, 0.5) is 5.69 Å². The van der Waals surface area contributed by atoms with Gasteiger partial charge in [0, 0.05) is 17.8 Å². The standard InChI is InChI=1S/C19H19ClN4O2/c1-23(18-9-7-16(20)8-10-18)11-17-12-24(22-21-17)13-19(25)26-14-15-5-3-2-4-6-15/h2-10,12H,11,13-14H2,1H3. The van der Waals surface area contributed by atoms with Crippen molar-refractivity contribution in [2.24, 2.45) is 0 Å². The van der Waals surface area contributed by atoms with Gasteiger partial charge < -0.3 is 9.64 Å². The van der Waals surface area contributed by atoms with Gasteiger partial charge in [-0.25, -0.2) is 4.68 Å². The lowest BCUT2D eigenvalue weighted by molar-refractivity contribution is -0.145. The molecule has 3 aromatic rings. The van der Waals surface area contributed by atoms with Gasteiger partial charge in [-0.05, 0) is 29.8 Å². The Morgan fingerprint density at radius 2 is 1.88 bits per heavy atom. The number of carbonyl (C=O) groups is 1. The van der Waals surface area contributed by atoms with E-state index in [4.69, 9.17) is 16.3 Å². The Labute approximate surface area is 157 Å². The molecule has 1 heterocycles. The Hall–Kier alpha value is -2.86. The van der Waals surface area contributed by atoms with Crippen molar-refractivity contribution in [2.75, 3.05) is 11.9 Å². The van der Waals surface area contributed by atoms with E-state index in [1.54, 1.807) is 6.20 Å². The minimum absolute atomic E-state index is 0.0322. The molecule has 0 aliphatic carbocycles. The number of hydrogen-bond acceptors (Lipinski definition) is 5. The van der Waals surface area contributed by atoms with Gasteiger partial charge in [-0.1, -0.05) is 47.1 Å². The molecule has 0 radical (unpaired) electrons. The van der Waals surface area contributed by atoms with Gasteiger partial charge in [0.15, 0.2) is 0 Å². The summed E-state index contributed by atoms with van der Waals surface area (Å²) in [4.78, 5) is 14.0. The van der Waals surface area contributed by atoms with Crippen LogP contribution >= 0.6 is 11.6 Å². The minimum atomic E-state index is -0.351. The fraction of sp³-hybridized carbons (Fsp3) is 0.211. The van der Waals surface area contributed by atoms with Gasteiger partial charge in [0.1, 0.15) is 18.8 Å². The lowest BCUT2D eigenvalue weighted by Gasteiger charge is -2.17. The first-order valence-corrected chi connectivity index (χ1v) is 8.53. The molecule has 0 aliphatic rings. The van der Waals surface area contributed by atoms with Gasteiger partial charge in [-0.3, -0.25) is 4.79 Å². The maximum absolute atomic E-state index is 11.9. The summed E-state index contributed by atoms with van der Waals surface area (Å²) in [5, 5.41) is 8.79. The molecule has 26 heavy (non-hydrogen) atoms. The van der Waals surface area contributed by atoms with Crippen LogP contribution in [0.15, 0.2) is 60.8 Å². The highest BCUT2D eigenvalue weighted by Gasteiger charge is 2.10. The smallest absolute Gasteiger partial charge is 0.328 e. The molecule has 0 unspecified atom stereocenters. The Morgan fingerprint density at radius 3 is 2.62 bits per heavy atom. The maximum Gasteiger partial charge on any atom is 0.328 e. The first-order valence-electron chi connectivity index (χ1n) is 8.15. The van der Waals surface area contributed by atoms with Crippen molar-refractivity contribution in [3.63, 3.8) is 0 Å². The molecule has 6 nitrogen and oxygen atoms in total. The average molecular weight is 371 g/mol. The van der Waals surface area contributed by atoms with Gasteiger partial charge in [0.2, 0.25) is 0 Å². The highest BCUT2D eigenvalue weighted by Crippen LogP contribution is 2.18. The third-order valence-electron chi connectivity index (χ3n) is 3.79. The van der Waals surface area contributed by atoms with Crippen molar-refractivity contribution < 1.29 is 9.53 Å². The normalized spacial score (nSPS) is 10.5. The lowest BCUT2D eigenvalue weighted by Crippen LogP contribution is -2.16. The molecule has 0 N–H and O–H groups in total. The second-order valence-corrected chi connectivity index (χ2v) is 6.32. The van der Waals surface area contributed by atoms with Crippen molar-refractivity contribution >= 4 is 23.3 Å². The summed E-state index contributed by atoms with van der Waals surface area (Å²) in [6.07, 6.45) is 1.75. The molecular formula is C19H19ClN4O2. The summed E-state index contributed by atoms with van der Waals surface area (Å²) in [5.41, 5.74) is 2.73. The molecule has 1 aromatic heterocycles. The summed E-state index contributed by atoms with van der Waals surface area (Å²) < 4.78 is 6.74. The van der Waals surface area contributed by atoms with Crippen molar-refractivity contribution in [3.8, 4) is 0 Å². The number of nitrogens with zero attached hydrogens (tertiary/aromatic N) is 4. The third kappa shape index (κ3) is 5.07. The summed E-state index contributed by atoms with van der Waals surface area (Å²) in [6, 6.07) is 17.1. The monoisotopic (exact) mass is 370 g/mol. The minimum Gasteiger partial charge on any atom is -0.459 e. The summed E-state index contributed by atoms with van der Waals surface area (Å²) in [7, 11) is 1.95. The van der Waals surface area contributed by atoms with Crippen LogP contribution in [0.2, 0.25) is 5.02 Å².